The number of H-pyrrole nitrogens is 1. The molecule has 3 rings (SSSR count). The Labute approximate surface area is 139 Å². The van der Waals surface area contributed by atoms with Gasteiger partial charge in [0.15, 0.2) is 5.78 Å². The Kier molecular flexibility index (Phi) is 4.91. The molecule has 0 saturated heterocycles. The number of para-hydroxylation sites is 1. The lowest BCUT2D eigenvalue weighted by Crippen LogP contribution is -2.29. The molecule has 4 nitrogen and oxygen atoms in total. The van der Waals surface area contributed by atoms with E-state index in [1.54, 1.807) is 18.3 Å². The molecule has 0 unspecified atom stereocenters. The Morgan fingerprint density at radius 2 is 1.92 bits per heavy atom. The Hall–Kier alpha value is -2.66. The number of carbonyl (C=O) groups is 1. The van der Waals surface area contributed by atoms with Crippen molar-refractivity contribution < 1.29 is 13.9 Å². The Morgan fingerprint density at radius 3 is 2.71 bits per heavy atom. The molecule has 124 valence electrons. The highest BCUT2D eigenvalue weighted by atomic mass is 19.1. The fraction of sp³-hybridized carbons (Fsp3) is 0.211. The molecule has 0 spiro atoms. The predicted molar refractivity (Wildman–Crippen MR) is 92.0 cm³/mol. The minimum Gasteiger partial charge on any atom is -0.492 e. The van der Waals surface area contributed by atoms with Crippen molar-refractivity contribution in [3.05, 3.63) is 66.1 Å². The minimum atomic E-state index is -0.288. The van der Waals surface area contributed by atoms with E-state index in [0.717, 1.165) is 10.9 Å². The van der Waals surface area contributed by atoms with Crippen molar-refractivity contribution >= 4 is 16.7 Å². The Morgan fingerprint density at radius 1 is 1.17 bits per heavy atom. The second kappa shape index (κ2) is 7.27. The second-order valence-corrected chi connectivity index (χ2v) is 5.71. The van der Waals surface area contributed by atoms with Gasteiger partial charge in [-0.15, -0.1) is 0 Å². The summed E-state index contributed by atoms with van der Waals surface area (Å²) in [6.45, 7) is 1.35. The van der Waals surface area contributed by atoms with Gasteiger partial charge in [0.25, 0.3) is 0 Å². The van der Waals surface area contributed by atoms with Gasteiger partial charge in [0, 0.05) is 29.2 Å². The van der Waals surface area contributed by atoms with Gasteiger partial charge in [-0.25, -0.2) is 4.39 Å². The van der Waals surface area contributed by atoms with Crippen LogP contribution in [0.1, 0.15) is 10.4 Å². The van der Waals surface area contributed by atoms with Crippen LogP contribution in [0.2, 0.25) is 0 Å². The van der Waals surface area contributed by atoms with Crippen LogP contribution in [-0.2, 0) is 0 Å². The highest BCUT2D eigenvalue weighted by Crippen LogP contribution is 2.18. The first-order valence-corrected chi connectivity index (χ1v) is 7.80. The summed E-state index contributed by atoms with van der Waals surface area (Å²) >= 11 is 0. The molecule has 0 aliphatic heterocycles. The minimum absolute atomic E-state index is 0.0664. The van der Waals surface area contributed by atoms with Gasteiger partial charge in [0.05, 0.1) is 6.54 Å². The third-order valence-corrected chi connectivity index (χ3v) is 3.86. The number of benzene rings is 2. The zero-order chi connectivity index (χ0) is 16.9. The first kappa shape index (κ1) is 16.2. The molecule has 24 heavy (non-hydrogen) atoms. The maximum absolute atomic E-state index is 12.8. The van der Waals surface area contributed by atoms with Crippen molar-refractivity contribution in [1.82, 2.24) is 9.88 Å². The summed E-state index contributed by atoms with van der Waals surface area (Å²) < 4.78 is 18.4. The van der Waals surface area contributed by atoms with Crippen molar-refractivity contribution in [2.24, 2.45) is 0 Å². The van der Waals surface area contributed by atoms with Gasteiger partial charge < -0.3 is 9.72 Å². The van der Waals surface area contributed by atoms with Crippen LogP contribution in [0.25, 0.3) is 10.9 Å². The number of aromatic amines is 1. The molecule has 0 atom stereocenters. The van der Waals surface area contributed by atoms with E-state index >= 15 is 0 Å². The number of ketones is 1. The van der Waals surface area contributed by atoms with E-state index in [1.165, 1.54) is 12.1 Å². The van der Waals surface area contributed by atoms with Gasteiger partial charge in [0.2, 0.25) is 0 Å². The molecule has 3 aromatic rings. The highest BCUT2D eigenvalue weighted by molar-refractivity contribution is 6.08. The zero-order valence-corrected chi connectivity index (χ0v) is 13.5. The zero-order valence-electron chi connectivity index (χ0n) is 13.5. The van der Waals surface area contributed by atoms with E-state index in [2.05, 4.69) is 4.98 Å². The number of ether oxygens (including phenoxy) is 1. The van der Waals surface area contributed by atoms with Gasteiger partial charge in [-0.2, -0.15) is 0 Å². The molecular formula is C19H19FN2O2. The van der Waals surface area contributed by atoms with Crippen LogP contribution in [0.15, 0.2) is 54.7 Å². The lowest BCUT2D eigenvalue weighted by molar-refractivity contribution is 0.0940. The maximum atomic E-state index is 12.8. The fourth-order valence-electron chi connectivity index (χ4n) is 2.56. The third-order valence-electron chi connectivity index (χ3n) is 3.86. The summed E-state index contributed by atoms with van der Waals surface area (Å²) in [6, 6.07) is 13.7. The molecule has 0 amide bonds. The molecule has 0 aliphatic carbocycles. The summed E-state index contributed by atoms with van der Waals surface area (Å²) in [6.07, 6.45) is 1.76. The van der Waals surface area contributed by atoms with Gasteiger partial charge in [-0.3, -0.25) is 9.69 Å². The van der Waals surface area contributed by atoms with E-state index < -0.39 is 0 Å². The molecular weight excluding hydrogens is 307 g/mol. The number of fused-ring (bicyclic) bond motifs is 1. The molecule has 0 aliphatic rings. The molecule has 1 N–H and O–H groups in total. The standard InChI is InChI=1S/C19H19FN2O2/c1-22(10-11-24-15-8-6-14(20)7-9-15)13-19(23)17-12-21-18-5-3-2-4-16(17)18/h2-9,12,21H,10-11,13H2,1H3. The number of aromatic nitrogens is 1. The first-order chi connectivity index (χ1) is 11.6. The molecule has 2 aromatic carbocycles. The highest BCUT2D eigenvalue weighted by Gasteiger charge is 2.13. The van der Waals surface area contributed by atoms with Gasteiger partial charge in [-0.1, -0.05) is 18.2 Å². The summed E-state index contributed by atoms with van der Waals surface area (Å²) in [5.41, 5.74) is 1.67. The molecule has 1 heterocycles. The monoisotopic (exact) mass is 326 g/mol. The lowest BCUT2D eigenvalue weighted by atomic mass is 10.1. The molecule has 0 saturated carbocycles. The Balaban J connectivity index is 1.52. The average Bonchev–Trinajstić information content (AvgIpc) is 3.01. The van der Waals surface area contributed by atoms with Crippen LogP contribution in [0.4, 0.5) is 4.39 Å². The second-order valence-electron chi connectivity index (χ2n) is 5.71. The van der Waals surface area contributed by atoms with Crippen molar-refractivity contribution in [2.75, 3.05) is 26.7 Å². The summed E-state index contributed by atoms with van der Waals surface area (Å²) in [5.74, 6) is 0.397. The van der Waals surface area contributed by atoms with Crippen LogP contribution in [-0.4, -0.2) is 42.4 Å². The lowest BCUT2D eigenvalue weighted by Gasteiger charge is -2.16. The normalized spacial score (nSPS) is 11.1. The first-order valence-electron chi connectivity index (χ1n) is 7.80. The average molecular weight is 326 g/mol. The third kappa shape index (κ3) is 3.81. The molecule has 0 bridgehead atoms. The predicted octanol–water partition coefficient (Wildman–Crippen LogP) is 3.50. The summed E-state index contributed by atoms with van der Waals surface area (Å²) in [7, 11) is 1.88. The quantitative estimate of drug-likeness (QED) is 0.676. The number of rotatable bonds is 7. The van der Waals surface area contributed by atoms with E-state index in [4.69, 9.17) is 4.74 Å². The number of likely N-dealkylation sites (N-methyl/N-ethyl adjacent to an activating group) is 1. The molecule has 0 fully saturated rings. The summed E-state index contributed by atoms with van der Waals surface area (Å²) in [5, 5.41) is 0.943. The Bertz CT molecular complexity index is 827. The number of nitrogens with zero attached hydrogens (tertiary/aromatic N) is 1. The van der Waals surface area contributed by atoms with Gasteiger partial charge in [0.1, 0.15) is 18.2 Å². The van der Waals surface area contributed by atoms with Crippen LogP contribution >= 0.6 is 0 Å². The number of halogens is 1. The van der Waals surface area contributed by atoms with Crippen LogP contribution in [0.3, 0.4) is 0 Å². The van der Waals surface area contributed by atoms with Gasteiger partial charge in [-0.05, 0) is 37.4 Å². The van der Waals surface area contributed by atoms with Crippen molar-refractivity contribution in [1.29, 1.82) is 0 Å². The number of Topliss-reactive ketones (excluding diaryl/α,β-unsaturated/α-hetero) is 1. The van der Waals surface area contributed by atoms with Crippen molar-refractivity contribution in [2.45, 2.75) is 0 Å². The van der Waals surface area contributed by atoms with Crippen molar-refractivity contribution in [3.8, 4) is 5.75 Å². The molecule has 5 heteroatoms. The number of nitrogens with one attached hydrogen (secondary N) is 1. The van der Waals surface area contributed by atoms with Crippen LogP contribution in [0, 0.1) is 5.82 Å². The van der Waals surface area contributed by atoms with E-state index in [0.29, 0.717) is 31.0 Å². The number of carbonyl (C=O) groups excluding carboxylic acids is 1. The maximum Gasteiger partial charge on any atom is 0.178 e. The van der Waals surface area contributed by atoms with E-state index in [-0.39, 0.29) is 11.6 Å². The SMILES string of the molecule is CN(CCOc1ccc(F)cc1)CC(=O)c1c[nH]c2ccccc12. The number of hydrogen-bond donors (Lipinski definition) is 1. The van der Waals surface area contributed by atoms with Crippen LogP contribution in [0.5, 0.6) is 5.75 Å². The van der Waals surface area contributed by atoms with E-state index in [9.17, 15) is 9.18 Å². The molecule has 1 aromatic heterocycles. The smallest absolute Gasteiger partial charge is 0.178 e. The fourth-order valence-corrected chi connectivity index (χ4v) is 2.56. The van der Waals surface area contributed by atoms with Crippen LogP contribution < -0.4 is 4.74 Å². The summed E-state index contributed by atoms with van der Waals surface area (Å²) in [4.78, 5) is 17.5. The molecule has 0 radical (unpaired) electrons. The van der Waals surface area contributed by atoms with Gasteiger partial charge >= 0.3 is 0 Å². The van der Waals surface area contributed by atoms with E-state index in [1.807, 2.05) is 36.2 Å². The number of hydrogen-bond acceptors (Lipinski definition) is 3. The topological polar surface area (TPSA) is 45.3 Å². The largest absolute Gasteiger partial charge is 0.492 e. The van der Waals surface area contributed by atoms with Crippen molar-refractivity contribution in [3.63, 3.8) is 0 Å².